The standard InChI is InChI=1S/C19H22ClN5O3S3/c1-23(18-6-5-16(20)30-18)17-10-14(22-25(17)19(26)15-11-29-12-21-15)13-4-3-8-24(9-7-13)31(2,27)28/h5-6,10-13H,3-4,7-9H2,1-2H3. The third-order valence-corrected chi connectivity index (χ3v) is 8.56. The molecule has 1 fully saturated rings. The fourth-order valence-corrected chi connectivity index (χ4v) is 6.13. The minimum absolute atomic E-state index is 0.0651. The molecule has 0 N–H and O–H groups in total. The largest absolute Gasteiger partial charge is 0.321 e. The Hall–Kier alpha value is -1.79. The summed E-state index contributed by atoms with van der Waals surface area (Å²) in [4.78, 5) is 19.2. The van der Waals surface area contributed by atoms with Crippen molar-refractivity contribution in [1.82, 2.24) is 19.1 Å². The first-order valence-electron chi connectivity index (χ1n) is 9.71. The first-order valence-corrected chi connectivity index (χ1v) is 13.7. The molecule has 166 valence electrons. The van der Waals surface area contributed by atoms with Crippen molar-refractivity contribution in [2.45, 2.75) is 25.2 Å². The van der Waals surface area contributed by atoms with Crippen LogP contribution in [-0.2, 0) is 10.0 Å². The maximum Gasteiger partial charge on any atom is 0.299 e. The molecule has 4 heterocycles. The van der Waals surface area contributed by atoms with Gasteiger partial charge in [0, 0.05) is 37.5 Å². The number of thiophene rings is 1. The average molecular weight is 500 g/mol. The molecule has 1 aliphatic heterocycles. The number of carbonyl (C=O) groups excluding carboxylic acids is 1. The van der Waals surface area contributed by atoms with Crippen molar-refractivity contribution in [1.29, 1.82) is 0 Å². The van der Waals surface area contributed by atoms with Crippen LogP contribution in [0.1, 0.15) is 41.4 Å². The molecule has 1 aliphatic rings. The highest BCUT2D eigenvalue weighted by Crippen LogP contribution is 2.36. The van der Waals surface area contributed by atoms with Crippen LogP contribution >= 0.6 is 34.3 Å². The molecule has 0 spiro atoms. The van der Waals surface area contributed by atoms with Gasteiger partial charge in [0.1, 0.15) is 11.5 Å². The minimum Gasteiger partial charge on any atom is -0.321 e. The van der Waals surface area contributed by atoms with Crippen LogP contribution in [0.5, 0.6) is 0 Å². The molecule has 1 atom stereocenters. The number of halogens is 1. The SMILES string of the molecule is CN(c1ccc(Cl)s1)c1cc(C2CCCN(S(C)(=O)=O)CC2)nn1C(=O)c1cscn1. The number of anilines is 2. The normalized spacial score (nSPS) is 18.1. The summed E-state index contributed by atoms with van der Waals surface area (Å²) >= 11 is 8.88. The zero-order valence-electron chi connectivity index (χ0n) is 17.1. The summed E-state index contributed by atoms with van der Waals surface area (Å²) in [6.45, 7) is 0.955. The van der Waals surface area contributed by atoms with Crippen molar-refractivity contribution in [2.24, 2.45) is 0 Å². The lowest BCUT2D eigenvalue weighted by Crippen LogP contribution is -2.30. The molecule has 0 aliphatic carbocycles. The van der Waals surface area contributed by atoms with Gasteiger partial charge in [0.05, 0.1) is 26.8 Å². The summed E-state index contributed by atoms with van der Waals surface area (Å²) in [7, 11) is -1.35. The van der Waals surface area contributed by atoms with E-state index in [1.54, 1.807) is 10.9 Å². The molecule has 12 heteroatoms. The molecule has 0 amide bonds. The summed E-state index contributed by atoms with van der Waals surface area (Å²) in [6, 6.07) is 5.62. The average Bonchev–Trinajstić information content (AvgIpc) is 3.44. The Labute approximate surface area is 194 Å². The number of nitrogens with zero attached hydrogens (tertiary/aromatic N) is 5. The lowest BCUT2D eigenvalue weighted by atomic mass is 9.97. The molecule has 4 rings (SSSR count). The minimum atomic E-state index is -3.22. The van der Waals surface area contributed by atoms with Crippen LogP contribution in [0.25, 0.3) is 0 Å². The van der Waals surface area contributed by atoms with Crippen LogP contribution in [0.3, 0.4) is 0 Å². The lowest BCUT2D eigenvalue weighted by Gasteiger charge is -2.17. The highest BCUT2D eigenvalue weighted by Gasteiger charge is 2.28. The Balaban J connectivity index is 1.68. The zero-order valence-corrected chi connectivity index (χ0v) is 20.3. The monoisotopic (exact) mass is 499 g/mol. The van der Waals surface area contributed by atoms with Crippen LogP contribution in [0.15, 0.2) is 29.1 Å². The molecule has 3 aromatic rings. The topological polar surface area (TPSA) is 88.4 Å². The van der Waals surface area contributed by atoms with Gasteiger partial charge >= 0.3 is 0 Å². The van der Waals surface area contributed by atoms with E-state index in [-0.39, 0.29) is 11.8 Å². The number of rotatable bonds is 5. The third-order valence-electron chi connectivity index (χ3n) is 5.36. The number of sulfonamides is 1. The fourth-order valence-electron chi connectivity index (χ4n) is 3.70. The maximum absolute atomic E-state index is 13.1. The Morgan fingerprint density at radius 2 is 2.10 bits per heavy atom. The highest BCUT2D eigenvalue weighted by atomic mass is 35.5. The predicted molar refractivity (Wildman–Crippen MR) is 124 cm³/mol. The first kappa shape index (κ1) is 22.4. The smallest absolute Gasteiger partial charge is 0.299 e. The summed E-state index contributed by atoms with van der Waals surface area (Å²) in [5.74, 6) is 0.384. The van der Waals surface area contributed by atoms with Gasteiger partial charge in [-0.1, -0.05) is 11.6 Å². The van der Waals surface area contributed by atoms with Crippen molar-refractivity contribution in [2.75, 3.05) is 31.3 Å². The molecule has 1 unspecified atom stereocenters. The van der Waals surface area contributed by atoms with E-state index in [2.05, 4.69) is 10.1 Å². The Kier molecular flexibility index (Phi) is 6.50. The van der Waals surface area contributed by atoms with Gasteiger partial charge in [-0.3, -0.25) is 4.79 Å². The van der Waals surface area contributed by atoms with Crippen LogP contribution < -0.4 is 4.90 Å². The molecule has 0 radical (unpaired) electrons. The van der Waals surface area contributed by atoms with Crippen LogP contribution in [-0.4, -0.2) is 59.8 Å². The Morgan fingerprint density at radius 3 is 2.74 bits per heavy atom. The molecular formula is C19H22ClN5O3S3. The summed E-state index contributed by atoms with van der Waals surface area (Å²) in [6.07, 6.45) is 3.45. The molecule has 31 heavy (non-hydrogen) atoms. The van der Waals surface area contributed by atoms with Crippen molar-refractivity contribution in [3.63, 3.8) is 0 Å². The molecule has 0 bridgehead atoms. The molecule has 0 saturated carbocycles. The number of hydrogen-bond acceptors (Lipinski definition) is 8. The van der Waals surface area contributed by atoms with Crippen LogP contribution in [0.2, 0.25) is 4.34 Å². The van der Waals surface area contributed by atoms with Gasteiger partial charge in [-0.05, 0) is 31.4 Å². The van der Waals surface area contributed by atoms with E-state index in [4.69, 9.17) is 11.6 Å². The molecule has 0 aromatic carbocycles. The second-order valence-corrected chi connectivity index (χ2v) is 11.8. The van der Waals surface area contributed by atoms with Gasteiger partial charge < -0.3 is 4.90 Å². The molecular weight excluding hydrogens is 478 g/mol. The summed E-state index contributed by atoms with van der Waals surface area (Å²) in [5.41, 5.74) is 2.73. The van der Waals surface area contributed by atoms with E-state index >= 15 is 0 Å². The van der Waals surface area contributed by atoms with E-state index in [0.29, 0.717) is 35.4 Å². The second-order valence-electron chi connectivity index (χ2n) is 7.44. The van der Waals surface area contributed by atoms with Crippen molar-refractivity contribution in [3.05, 3.63) is 44.8 Å². The van der Waals surface area contributed by atoms with E-state index in [1.165, 1.54) is 37.9 Å². The van der Waals surface area contributed by atoms with Gasteiger partial charge in [0.25, 0.3) is 5.91 Å². The van der Waals surface area contributed by atoms with Crippen LogP contribution in [0, 0.1) is 0 Å². The van der Waals surface area contributed by atoms with Crippen molar-refractivity contribution >= 4 is 61.0 Å². The quantitative estimate of drug-likeness (QED) is 0.526. The van der Waals surface area contributed by atoms with E-state index < -0.39 is 10.0 Å². The number of thiazole rings is 1. The van der Waals surface area contributed by atoms with E-state index in [1.807, 2.05) is 30.1 Å². The maximum atomic E-state index is 13.1. The fraction of sp³-hybridized carbons (Fsp3) is 0.421. The predicted octanol–water partition coefficient (Wildman–Crippen LogP) is 4.04. The molecule has 1 saturated heterocycles. The number of aromatic nitrogens is 3. The van der Waals surface area contributed by atoms with Crippen molar-refractivity contribution < 1.29 is 13.2 Å². The highest BCUT2D eigenvalue weighted by molar-refractivity contribution is 7.88. The van der Waals surface area contributed by atoms with Gasteiger partial charge in [-0.2, -0.15) is 9.78 Å². The summed E-state index contributed by atoms with van der Waals surface area (Å²) < 4.78 is 27.5. The second kappa shape index (κ2) is 8.99. The van der Waals surface area contributed by atoms with E-state index in [9.17, 15) is 13.2 Å². The van der Waals surface area contributed by atoms with E-state index in [0.717, 1.165) is 23.5 Å². The van der Waals surface area contributed by atoms with Crippen molar-refractivity contribution in [3.8, 4) is 0 Å². The number of hydrogen-bond donors (Lipinski definition) is 0. The lowest BCUT2D eigenvalue weighted by molar-refractivity contribution is 0.0942. The summed E-state index contributed by atoms with van der Waals surface area (Å²) in [5, 5.41) is 7.25. The number of carbonyl (C=O) groups is 1. The first-order chi connectivity index (χ1) is 14.7. The van der Waals surface area contributed by atoms with Crippen LogP contribution in [0.4, 0.5) is 10.8 Å². The zero-order chi connectivity index (χ0) is 22.2. The van der Waals surface area contributed by atoms with Gasteiger partial charge in [0.15, 0.2) is 0 Å². The van der Waals surface area contributed by atoms with Gasteiger partial charge in [-0.15, -0.1) is 22.7 Å². The molecule has 3 aromatic heterocycles. The molecule has 8 nitrogen and oxygen atoms in total. The Bertz CT molecular complexity index is 1170. The van der Waals surface area contributed by atoms with Gasteiger partial charge in [0.2, 0.25) is 10.0 Å². The third kappa shape index (κ3) is 4.85. The van der Waals surface area contributed by atoms with Gasteiger partial charge in [-0.25, -0.2) is 17.7 Å². The Morgan fingerprint density at radius 1 is 1.29 bits per heavy atom.